The maximum absolute atomic E-state index is 11.0. The molecule has 1 aromatic rings. The predicted octanol–water partition coefficient (Wildman–Crippen LogP) is 2.69. The summed E-state index contributed by atoms with van der Waals surface area (Å²) in [5, 5.41) is 0.491. The summed E-state index contributed by atoms with van der Waals surface area (Å²) in [4.78, 5) is 14.8. The van der Waals surface area contributed by atoms with E-state index in [1.165, 1.54) is 6.20 Å². The highest BCUT2D eigenvalue weighted by Gasteiger charge is 2.02. The van der Waals surface area contributed by atoms with Crippen LogP contribution in [0.1, 0.15) is 18.9 Å². The van der Waals surface area contributed by atoms with Crippen molar-refractivity contribution in [3.05, 3.63) is 28.0 Å². The largest absolute Gasteiger partial charge is 0.465 e. The van der Waals surface area contributed by atoms with E-state index >= 15 is 0 Å². The molecule has 1 rings (SSSR count). The molecule has 0 N–H and O–H groups in total. The highest BCUT2D eigenvalue weighted by Crippen LogP contribution is 2.22. The lowest BCUT2D eigenvalue weighted by Gasteiger charge is -1.97. The van der Waals surface area contributed by atoms with E-state index < -0.39 is 0 Å². The predicted molar refractivity (Wildman–Crippen MR) is 62.4 cm³/mol. The van der Waals surface area contributed by atoms with Gasteiger partial charge in [-0.25, -0.2) is 4.98 Å². The molecule has 3 nitrogen and oxygen atoms in total. The molecule has 0 aliphatic heterocycles. The number of esters is 1. The van der Waals surface area contributed by atoms with Crippen molar-refractivity contribution in [2.75, 3.05) is 6.61 Å². The molecule has 0 saturated carbocycles. The van der Waals surface area contributed by atoms with Gasteiger partial charge in [-0.15, -0.1) is 0 Å². The molecule has 84 valence electrons. The normalized spacial score (nSPS) is 9.19. The fourth-order valence-corrected chi connectivity index (χ4v) is 1.26. The van der Waals surface area contributed by atoms with Crippen LogP contribution in [0.5, 0.6) is 0 Å². The zero-order valence-electron chi connectivity index (χ0n) is 8.59. The van der Waals surface area contributed by atoms with Crippen LogP contribution in [-0.2, 0) is 9.53 Å². The Morgan fingerprint density at radius 2 is 2.31 bits per heavy atom. The van der Waals surface area contributed by atoms with Gasteiger partial charge in [0.1, 0.15) is 11.6 Å². The molecule has 0 spiro atoms. The molecule has 0 unspecified atom stereocenters. The number of nitrogens with zero attached hydrogens (tertiary/aromatic N) is 1. The molecule has 1 aromatic heterocycles. The third kappa shape index (κ3) is 3.73. The van der Waals surface area contributed by atoms with Gasteiger partial charge in [-0.05, 0) is 13.0 Å². The summed E-state index contributed by atoms with van der Waals surface area (Å²) in [7, 11) is 0. The molecule has 0 aliphatic rings. The first-order chi connectivity index (χ1) is 7.65. The zero-order chi connectivity index (χ0) is 12.0. The van der Waals surface area contributed by atoms with Gasteiger partial charge < -0.3 is 4.74 Å². The SMILES string of the molecule is CCOC(=O)CC#Cc1ccnc(Cl)c1Cl. The number of halogens is 2. The third-order valence-electron chi connectivity index (χ3n) is 1.61. The van der Waals surface area contributed by atoms with Gasteiger partial charge >= 0.3 is 5.97 Å². The van der Waals surface area contributed by atoms with Gasteiger partial charge in [0, 0.05) is 11.8 Å². The van der Waals surface area contributed by atoms with E-state index in [1.807, 2.05) is 0 Å². The number of aromatic nitrogens is 1. The standard InChI is InChI=1S/C11H9Cl2NO2/c1-2-16-9(15)5-3-4-8-6-7-14-11(13)10(8)12/h6-7H,2,5H2,1H3. The second-order valence-electron chi connectivity index (χ2n) is 2.75. The molecule has 0 radical (unpaired) electrons. The Kier molecular flexibility index (Phi) is 5.10. The van der Waals surface area contributed by atoms with E-state index in [-0.39, 0.29) is 17.5 Å². The van der Waals surface area contributed by atoms with Crippen LogP contribution in [0, 0.1) is 11.8 Å². The number of rotatable bonds is 2. The zero-order valence-corrected chi connectivity index (χ0v) is 10.1. The average Bonchev–Trinajstić information content (AvgIpc) is 2.25. The van der Waals surface area contributed by atoms with Crippen LogP contribution < -0.4 is 0 Å². The van der Waals surface area contributed by atoms with Crippen LogP contribution in [0.4, 0.5) is 0 Å². The van der Waals surface area contributed by atoms with Crippen molar-refractivity contribution in [1.29, 1.82) is 0 Å². The van der Waals surface area contributed by atoms with E-state index in [9.17, 15) is 4.79 Å². The Labute approximate surface area is 104 Å². The number of hydrogen-bond donors (Lipinski definition) is 0. The van der Waals surface area contributed by atoms with Gasteiger partial charge in [-0.2, -0.15) is 0 Å². The lowest BCUT2D eigenvalue weighted by atomic mass is 10.2. The second kappa shape index (κ2) is 6.37. The minimum atomic E-state index is -0.355. The third-order valence-corrected chi connectivity index (χ3v) is 2.37. The second-order valence-corrected chi connectivity index (χ2v) is 3.48. The van der Waals surface area contributed by atoms with Crippen LogP contribution in [-0.4, -0.2) is 17.6 Å². The van der Waals surface area contributed by atoms with Crippen molar-refractivity contribution in [1.82, 2.24) is 4.98 Å². The van der Waals surface area contributed by atoms with E-state index in [1.54, 1.807) is 13.0 Å². The Morgan fingerprint density at radius 1 is 1.56 bits per heavy atom. The maximum atomic E-state index is 11.0. The molecule has 1 heterocycles. The number of carbonyl (C=O) groups is 1. The van der Waals surface area contributed by atoms with Crippen molar-refractivity contribution >= 4 is 29.2 Å². The molecule has 0 amide bonds. The lowest BCUT2D eigenvalue weighted by Crippen LogP contribution is -2.01. The first-order valence-corrected chi connectivity index (χ1v) is 5.35. The maximum Gasteiger partial charge on any atom is 0.317 e. The molecule has 0 bridgehead atoms. The van der Waals surface area contributed by atoms with Gasteiger partial charge in [-0.1, -0.05) is 35.0 Å². The monoisotopic (exact) mass is 257 g/mol. The molecule has 0 aliphatic carbocycles. The van der Waals surface area contributed by atoms with E-state index in [0.717, 1.165) is 0 Å². The molecule has 5 heteroatoms. The smallest absolute Gasteiger partial charge is 0.317 e. The summed E-state index contributed by atoms with van der Waals surface area (Å²) in [5.41, 5.74) is 0.547. The number of carbonyl (C=O) groups excluding carboxylic acids is 1. The topological polar surface area (TPSA) is 39.2 Å². The van der Waals surface area contributed by atoms with Crippen molar-refractivity contribution in [2.45, 2.75) is 13.3 Å². The van der Waals surface area contributed by atoms with Gasteiger partial charge in [0.2, 0.25) is 0 Å². The molecule has 16 heavy (non-hydrogen) atoms. The van der Waals surface area contributed by atoms with Crippen LogP contribution >= 0.6 is 23.2 Å². The van der Waals surface area contributed by atoms with E-state index in [4.69, 9.17) is 27.9 Å². The fourth-order valence-electron chi connectivity index (χ4n) is 0.938. The van der Waals surface area contributed by atoms with Gasteiger partial charge in [0.05, 0.1) is 11.6 Å². The molecular formula is C11H9Cl2NO2. The molecule has 0 fully saturated rings. The van der Waals surface area contributed by atoms with Crippen molar-refractivity contribution in [3.8, 4) is 11.8 Å². The first kappa shape index (κ1) is 12.8. The summed E-state index contributed by atoms with van der Waals surface area (Å²) >= 11 is 11.6. The fraction of sp³-hybridized carbons (Fsp3) is 0.273. The molecule has 0 atom stereocenters. The van der Waals surface area contributed by atoms with Crippen LogP contribution in [0.25, 0.3) is 0 Å². The first-order valence-electron chi connectivity index (χ1n) is 4.59. The van der Waals surface area contributed by atoms with Crippen LogP contribution in [0.3, 0.4) is 0 Å². The summed E-state index contributed by atoms with van der Waals surface area (Å²) < 4.78 is 4.72. The number of pyridine rings is 1. The van der Waals surface area contributed by atoms with Crippen molar-refractivity contribution in [2.24, 2.45) is 0 Å². The molecular weight excluding hydrogens is 249 g/mol. The minimum Gasteiger partial charge on any atom is -0.465 e. The lowest BCUT2D eigenvalue weighted by molar-refractivity contribution is -0.141. The number of ether oxygens (including phenoxy) is 1. The molecule has 0 saturated heterocycles. The van der Waals surface area contributed by atoms with Crippen LogP contribution in [0.2, 0.25) is 10.2 Å². The Morgan fingerprint density at radius 3 is 3.00 bits per heavy atom. The van der Waals surface area contributed by atoms with Gasteiger partial charge in [-0.3, -0.25) is 4.79 Å². The highest BCUT2D eigenvalue weighted by atomic mass is 35.5. The quantitative estimate of drug-likeness (QED) is 0.465. The van der Waals surface area contributed by atoms with E-state index in [0.29, 0.717) is 17.2 Å². The van der Waals surface area contributed by atoms with Crippen LogP contribution in [0.15, 0.2) is 12.3 Å². The summed E-state index contributed by atoms with van der Waals surface area (Å²) in [6.07, 6.45) is 1.53. The van der Waals surface area contributed by atoms with Crippen molar-refractivity contribution < 1.29 is 9.53 Å². The minimum absolute atomic E-state index is 0.0319. The Balaban J connectivity index is 2.70. The number of hydrogen-bond acceptors (Lipinski definition) is 3. The molecule has 0 aromatic carbocycles. The summed E-state index contributed by atoms with van der Waals surface area (Å²) in [6, 6.07) is 1.63. The van der Waals surface area contributed by atoms with Crippen molar-refractivity contribution in [3.63, 3.8) is 0 Å². The highest BCUT2D eigenvalue weighted by molar-refractivity contribution is 6.41. The Bertz CT molecular complexity index is 449. The van der Waals surface area contributed by atoms with Gasteiger partial charge in [0.15, 0.2) is 0 Å². The average molecular weight is 258 g/mol. The summed E-state index contributed by atoms with van der Waals surface area (Å²) in [6.45, 7) is 2.09. The van der Waals surface area contributed by atoms with Gasteiger partial charge in [0.25, 0.3) is 0 Å². The van der Waals surface area contributed by atoms with E-state index in [2.05, 4.69) is 16.8 Å². The summed E-state index contributed by atoms with van der Waals surface area (Å²) in [5.74, 6) is 5.04. The Hall–Kier alpha value is -1.24.